The van der Waals surface area contributed by atoms with Crippen LogP contribution < -0.4 is 10.6 Å². The molecule has 4 nitrogen and oxygen atoms in total. The second-order valence-corrected chi connectivity index (χ2v) is 5.01. The van der Waals surface area contributed by atoms with Gasteiger partial charge in [0.25, 0.3) is 0 Å². The minimum Gasteiger partial charge on any atom is -0.391 e. The summed E-state index contributed by atoms with van der Waals surface area (Å²) in [6.07, 6.45) is 5.12. The number of nitrogens with one attached hydrogen (secondary N) is 2. The van der Waals surface area contributed by atoms with Crippen LogP contribution in [0.25, 0.3) is 0 Å². The standard InChI is InChI=1S/C13H26N2O2/c1-3-6-11(16)10-14-12(17)13(7-4-2)8-5-9-15-13/h11,15-16H,3-10H2,1-2H3,(H,14,17). The van der Waals surface area contributed by atoms with Crippen molar-refractivity contribution in [3.63, 3.8) is 0 Å². The van der Waals surface area contributed by atoms with Gasteiger partial charge >= 0.3 is 0 Å². The topological polar surface area (TPSA) is 61.4 Å². The second-order valence-electron chi connectivity index (χ2n) is 5.01. The van der Waals surface area contributed by atoms with Crippen LogP contribution in [0, 0.1) is 0 Å². The maximum Gasteiger partial charge on any atom is 0.240 e. The Balaban J connectivity index is 2.43. The third-order valence-corrected chi connectivity index (χ3v) is 3.48. The van der Waals surface area contributed by atoms with Gasteiger partial charge < -0.3 is 15.7 Å². The molecule has 0 bridgehead atoms. The maximum atomic E-state index is 12.2. The highest BCUT2D eigenvalue weighted by Gasteiger charge is 2.39. The van der Waals surface area contributed by atoms with Gasteiger partial charge in [0.2, 0.25) is 5.91 Å². The van der Waals surface area contributed by atoms with Gasteiger partial charge in [0.05, 0.1) is 11.6 Å². The van der Waals surface area contributed by atoms with Crippen molar-refractivity contribution in [3.05, 3.63) is 0 Å². The Kier molecular flexibility index (Phi) is 5.92. The average molecular weight is 242 g/mol. The SMILES string of the molecule is CCCC(O)CNC(=O)C1(CCC)CCCN1. The molecule has 1 saturated heterocycles. The van der Waals surface area contributed by atoms with Crippen LogP contribution in [-0.4, -0.2) is 35.7 Å². The van der Waals surface area contributed by atoms with E-state index >= 15 is 0 Å². The summed E-state index contributed by atoms with van der Waals surface area (Å²) in [7, 11) is 0. The fraction of sp³-hybridized carbons (Fsp3) is 0.923. The molecule has 2 atom stereocenters. The van der Waals surface area contributed by atoms with Gasteiger partial charge in [-0.05, 0) is 32.2 Å². The average Bonchev–Trinajstić information content (AvgIpc) is 2.77. The van der Waals surface area contributed by atoms with Crippen LogP contribution in [0.3, 0.4) is 0 Å². The van der Waals surface area contributed by atoms with E-state index in [4.69, 9.17) is 0 Å². The first kappa shape index (κ1) is 14.5. The van der Waals surface area contributed by atoms with E-state index in [0.717, 1.165) is 45.1 Å². The molecule has 0 aromatic carbocycles. The summed E-state index contributed by atoms with van der Waals surface area (Å²) in [5, 5.41) is 15.8. The monoisotopic (exact) mass is 242 g/mol. The minimum atomic E-state index is -0.413. The zero-order valence-corrected chi connectivity index (χ0v) is 11.1. The van der Waals surface area contributed by atoms with E-state index in [-0.39, 0.29) is 11.4 Å². The van der Waals surface area contributed by atoms with E-state index in [1.54, 1.807) is 0 Å². The third kappa shape index (κ3) is 3.96. The van der Waals surface area contributed by atoms with E-state index in [9.17, 15) is 9.90 Å². The van der Waals surface area contributed by atoms with Crippen molar-refractivity contribution < 1.29 is 9.90 Å². The zero-order valence-electron chi connectivity index (χ0n) is 11.1. The van der Waals surface area contributed by atoms with Crippen LogP contribution >= 0.6 is 0 Å². The van der Waals surface area contributed by atoms with E-state index < -0.39 is 6.10 Å². The first-order valence-electron chi connectivity index (χ1n) is 6.86. The van der Waals surface area contributed by atoms with Gasteiger partial charge in [-0.2, -0.15) is 0 Å². The molecule has 17 heavy (non-hydrogen) atoms. The van der Waals surface area contributed by atoms with Crippen molar-refractivity contribution in [1.82, 2.24) is 10.6 Å². The number of hydrogen-bond donors (Lipinski definition) is 3. The highest BCUT2D eigenvalue weighted by Crippen LogP contribution is 2.24. The maximum absolute atomic E-state index is 12.2. The molecule has 1 amide bonds. The molecular formula is C13H26N2O2. The molecule has 2 unspecified atom stereocenters. The third-order valence-electron chi connectivity index (χ3n) is 3.48. The Hall–Kier alpha value is -0.610. The van der Waals surface area contributed by atoms with Gasteiger partial charge in [0.15, 0.2) is 0 Å². The Morgan fingerprint density at radius 3 is 2.76 bits per heavy atom. The predicted octanol–water partition coefficient (Wildman–Crippen LogP) is 1.19. The van der Waals surface area contributed by atoms with Crippen molar-refractivity contribution in [2.75, 3.05) is 13.1 Å². The van der Waals surface area contributed by atoms with Crippen molar-refractivity contribution >= 4 is 5.91 Å². The summed E-state index contributed by atoms with van der Waals surface area (Å²) in [5.41, 5.74) is -0.374. The van der Waals surface area contributed by atoms with Crippen LogP contribution in [0.1, 0.15) is 52.4 Å². The lowest BCUT2D eigenvalue weighted by Crippen LogP contribution is -2.54. The van der Waals surface area contributed by atoms with Gasteiger partial charge in [-0.15, -0.1) is 0 Å². The van der Waals surface area contributed by atoms with Gasteiger partial charge in [0.1, 0.15) is 0 Å². The molecule has 0 aromatic rings. The number of hydrogen-bond acceptors (Lipinski definition) is 3. The molecule has 1 aliphatic heterocycles. The molecule has 3 N–H and O–H groups in total. The molecule has 0 aromatic heterocycles. The predicted molar refractivity (Wildman–Crippen MR) is 68.8 cm³/mol. The number of amides is 1. The normalized spacial score (nSPS) is 25.8. The van der Waals surface area contributed by atoms with Gasteiger partial charge in [-0.3, -0.25) is 4.79 Å². The first-order valence-corrected chi connectivity index (χ1v) is 6.86. The summed E-state index contributed by atoms with van der Waals surface area (Å²) >= 11 is 0. The molecular weight excluding hydrogens is 216 g/mol. The molecule has 1 fully saturated rings. The lowest BCUT2D eigenvalue weighted by molar-refractivity contribution is -0.128. The van der Waals surface area contributed by atoms with Gasteiger partial charge in [-0.1, -0.05) is 26.7 Å². The Bertz CT molecular complexity index is 238. The second kappa shape index (κ2) is 6.97. The van der Waals surface area contributed by atoms with Crippen molar-refractivity contribution in [2.24, 2.45) is 0 Å². The Labute approximate surface area is 104 Å². The van der Waals surface area contributed by atoms with E-state index in [1.807, 2.05) is 6.92 Å². The highest BCUT2D eigenvalue weighted by molar-refractivity contribution is 5.86. The van der Waals surface area contributed by atoms with Crippen LogP contribution in [0.15, 0.2) is 0 Å². The fourth-order valence-electron chi connectivity index (χ4n) is 2.57. The molecule has 4 heteroatoms. The minimum absolute atomic E-state index is 0.0620. The number of aliphatic hydroxyl groups is 1. The smallest absolute Gasteiger partial charge is 0.240 e. The summed E-state index contributed by atoms with van der Waals surface area (Å²) < 4.78 is 0. The summed E-state index contributed by atoms with van der Waals surface area (Å²) in [5.74, 6) is 0.0620. The number of aliphatic hydroxyl groups excluding tert-OH is 1. The summed E-state index contributed by atoms with van der Waals surface area (Å²) in [4.78, 5) is 12.2. The van der Waals surface area contributed by atoms with E-state index in [1.165, 1.54) is 0 Å². The molecule has 0 radical (unpaired) electrons. The molecule has 0 spiro atoms. The molecule has 1 heterocycles. The molecule has 0 saturated carbocycles. The number of carbonyl (C=O) groups is 1. The van der Waals surface area contributed by atoms with Crippen LogP contribution in [0.4, 0.5) is 0 Å². The van der Waals surface area contributed by atoms with Crippen LogP contribution in [-0.2, 0) is 4.79 Å². The first-order chi connectivity index (χ1) is 8.14. The quantitative estimate of drug-likeness (QED) is 0.628. The van der Waals surface area contributed by atoms with Crippen molar-refractivity contribution in [3.8, 4) is 0 Å². The largest absolute Gasteiger partial charge is 0.391 e. The number of carbonyl (C=O) groups excluding carboxylic acids is 1. The zero-order chi connectivity index (χ0) is 12.7. The molecule has 0 aliphatic carbocycles. The number of rotatable bonds is 7. The Morgan fingerprint density at radius 2 is 2.24 bits per heavy atom. The van der Waals surface area contributed by atoms with Crippen LogP contribution in [0.5, 0.6) is 0 Å². The van der Waals surface area contributed by atoms with Crippen molar-refractivity contribution in [1.29, 1.82) is 0 Å². The van der Waals surface area contributed by atoms with E-state index in [2.05, 4.69) is 17.6 Å². The van der Waals surface area contributed by atoms with Crippen molar-refractivity contribution in [2.45, 2.75) is 64.0 Å². The molecule has 1 rings (SSSR count). The van der Waals surface area contributed by atoms with E-state index in [0.29, 0.717) is 6.54 Å². The van der Waals surface area contributed by atoms with Gasteiger partial charge in [0, 0.05) is 6.54 Å². The summed E-state index contributed by atoms with van der Waals surface area (Å²) in [6.45, 7) is 5.42. The summed E-state index contributed by atoms with van der Waals surface area (Å²) in [6, 6.07) is 0. The van der Waals surface area contributed by atoms with Crippen LogP contribution in [0.2, 0.25) is 0 Å². The molecule has 1 aliphatic rings. The fourth-order valence-corrected chi connectivity index (χ4v) is 2.57. The van der Waals surface area contributed by atoms with Gasteiger partial charge in [-0.25, -0.2) is 0 Å². The molecule has 100 valence electrons. The Morgan fingerprint density at radius 1 is 1.47 bits per heavy atom. The lowest BCUT2D eigenvalue weighted by atomic mass is 9.91. The highest BCUT2D eigenvalue weighted by atomic mass is 16.3. The lowest BCUT2D eigenvalue weighted by Gasteiger charge is -2.28.